The number of halogens is 1. The molecule has 1 aromatic rings. The summed E-state index contributed by atoms with van der Waals surface area (Å²) in [5, 5.41) is 6.87. The summed E-state index contributed by atoms with van der Waals surface area (Å²) in [7, 11) is 1.87. The van der Waals surface area contributed by atoms with Gasteiger partial charge in [0.1, 0.15) is 0 Å². The number of piperidine rings is 1. The van der Waals surface area contributed by atoms with E-state index < -0.39 is 0 Å². The highest BCUT2D eigenvalue weighted by molar-refractivity contribution is 14.0. The maximum absolute atomic E-state index is 11.6. The van der Waals surface area contributed by atoms with Gasteiger partial charge in [-0.3, -0.25) is 9.79 Å². The highest BCUT2D eigenvalue weighted by Gasteiger charge is 2.42. The van der Waals surface area contributed by atoms with Crippen LogP contribution in [0.15, 0.2) is 35.3 Å². The van der Waals surface area contributed by atoms with Gasteiger partial charge in [0, 0.05) is 39.1 Å². The molecule has 26 heavy (non-hydrogen) atoms. The zero-order chi connectivity index (χ0) is 17.7. The molecule has 6 heteroatoms. The van der Waals surface area contributed by atoms with Gasteiger partial charge in [0.2, 0.25) is 5.91 Å². The lowest BCUT2D eigenvalue weighted by molar-refractivity contribution is -0.132. The molecule has 3 rings (SSSR count). The molecule has 2 fully saturated rings. The second-order valence-corrected chi connectivity index (χ2v) is 7.51. The number of likely N-dealkylation sites (tertiary alicyclic amines) is 1. The molecule has 1 amide bonds. The van der Waals surface area contributed by atoms with Crippen molar-refractivity contribution in [2.75, 3.05) is 26.7 Å². The van der Waals surface area contributed by atoms with Crippen molar-refractivity contribution < 1.29 is 4.79 Å². The van der Waals surface area contributed by atoms with Gasteiger partial charge >= 0.3 is 0 Å². The van der Waals surface area contributed by atoms with Gasteiger partial charge in [-0.05, 0) is 43.6 Å². The van der Waals surface area contributed by atoms with E-state index in [1.165, 1.54) is 18.4 Å². The van der Waals surface area contributed by atoms with E-state index in [4.69, 9.17) is 4.99 Å². The van der Waals surface area contributed by atoms with Crippen LogP contribution in [-0.2, 0) is 11.2 Å². The molecular weight excluding hydrogens is 439 g/mol. The topological polar surface area (TPSA) is 56.7 Å². The third-order valence-electron chi connectivity index (χ3n) is 5.26. The average molecular weight is 470 g/mol. The van der Waals surface area contributed by atoms with Gasteiger partial charge in [0.15, 0.2) is 5.96 Å². The number of carbonyl (C=O) groups excluding carboxylic acids is 1. The molecule has 1 aliphatic carbocycles. The number of carbonyl (C=O) groups is 1. The van der Waals surface area contributed by atoms with E-state index >= 15 is 0 Å². The third-order valence-corrected chi connectivity index (χ3v) is 5.26. The molecule has 144 valence electrons. The fraction of sp³-hybridized carbons (Fsp3) is 0.600. The third kappa shape index (κ3) is 5.86. The molecule has 1 aliphatic heterocycles. The predicted octanol–water partition coefficient (Wildman–Crippen LogP) is 2.80. The summed E-state index contributed by atoms with van der Waals surface area (Å²) in [4.78, 5) is 18.3. The first-order valence-electron chi connectivity index (χ1n) is 9.43. The molecule has 1 saturated carbocycles. The predicted molar refractivity (Wildman–Crippen MR) is 117 cm³/mol. The van der Waals surface area contributed by atoms with Crippen LogP contribution in [0.4, 0.5) is 0 Å². The average Bonchev–Trinajstić information content (AvgIpc) is 3.37. The van der Waals surface area contributed by atoms with Crippen molar-refractivity contribution in [3.8, 4) is 0 Å². The lowest BCUT2D eigenvalue weighted by Gasteiger charge is -2.31. The van der Waals surface area contributed by atoms with Crippen molar-refractivity contribution in [3.05, 3.63) is 35.9 Å². The normalized spacial score (nSPS) is 21.8. The maximum Gasteiger partial charge on any atom is 0.222 e. The SMILES string of the molecule is CCNC(=NCC1(Cc2ccccc2)CC1)NC1CCC(=O)N(C)C1.I. The van der Waals surface area contributed by atoms with Crippen molar-refractivity contribution in [2.45, 2.75) is 45.1 Å². The molecule has 1 atom stereocenters. The highest BCUT2D eigenvalue weighted by Crippen LogP contribution is 2.48. The Morgan fingerprint density at radius 2 is 2.04 bits per heavy atom. The zero-order valence-corrected chi connectivity index (χ0v) is 18.2. The van der Waals surface area contributed by atoms with E-state index in [2.05, 4.69) is 47.9 Å². The van der Waals surface area contributed by atoms with Crippen LogP contribution in [0.5, 0.6) is 0 Å². The molecule has 0 aromatic heterocycles. The number of hydrogen-bond acceptors (Lipinski definition) is 2. The smallest absolute Gasteiger partial charge is 0.222 e. The fourth-order valence-corrected chi connectivity index (χ4v) is 3.49. The number of rotatable bonds is 6. The first kappa shape index (κ1) is 21.0. The number of guanidine groups is 1. The Morgan fingerprint density at radius 3 is 2.65 bits per heavy atom. The Bertz CT molecular complexity index is 615. The van der Waals surface area contributed by atoms with Gasteiger partial charge in [0.05, 0.1) is 0 Å². The van der Waals surface area contributed by atoms with Gasteiger partial charge in [0.25, 0.3) is 0 Å². The number of amides is 1. The zero-order valence-electron chi connectivity index (χ0n) is 15.8. The lowest BCUT2D eigenvalue weighted by Crippen LogP contribution is -2.51. The van der Waals surface area contributed by atoms with Gasteiger partial charge in [-0.25, -0.2) is 0 Å². The van der Waals surface area contributed by atoms with Crippen molar-refractivity contribution in [1.29, 1.82) is 0 Å². The van der Waals surface area contributed by atoms with E-state index in [9.17, 15) is 4.79 Å². The van der Waals surface area contributed by atoms with Gasteiger partial charge in [-0.15, -0.1) is 24.0 Å². The summed E-state index contributed by atoms with van der Waals surface area (Å²) in [5.41, 5.74) is 1.74. The number of aliphatic imine (C=N–C) groups is 1. The first-order chi connectivity index (χ1) is 12.1. The molecule has 0 radical (unpaired) electrons. The van der Waals surface area contributed by atoms with Crippen LogP contribution in [-0.4, -0.2) is 49.5 Å². The monoisotopic (exact) mass is 470 g/mol. The minimum Gasteiger partial charge on any atom is -0.357 e. The van der Waals surface area contributed by atoms with Crippen molar-refractivity contribution in [1.82, 2.24) is 15.5 Å². The first-order valence-corrected chi connectivity index (χ1v) is 9.43. The number of hydrogen-bond donors (Lipinski definition) is 2. The van der Waals surface area contributed by atoms with Crippen LogP contribution in [0.25, 0.3) is 0 Å². The minimum absolute atomic E-state index is 0. The van der Waals surface area contributed by atoms with E-state index in [1.54, 1.807) is 0 Å². The maximum atomic E-state index is 11.6. The fourth-order valence-electron chi connectivity index (χ4n) is 3.49. The summed E-state index contributed by atoms with van der Waals surface area (Å²) < 4.78 is 0. The van der Waals surface area contributed by atoms with Crippen LogP contribution in [0, 0.1) is 5.41 Å². The number of nitrogens with one attached hydrogen (secondary N) is 2. The number of nitrogens with zero attached hydrogens (tertiary/aromatic N) is 2. The van der Waals surface area contributed by atoms with E-state index in [0.717, 1.165) is 38.4 Å². The van der Waals surface area contributed by atoms with Crippen molar-refractivity contribution in [2.24, 2.45) is 10.4 Å². The molecule has 0 spiro atoms. The summed E-state index contributed by atoms with van der Waals surface area (Å²) in [5.74, 6) is 1.12. The number of likely N-dealkylation sites (N-methyl/N-ethyl adjacent to an activating group) is 1. The second-order valence-electron chi connectivity index (χ2n) is 7.51. The van der Waals surface area contributed by atoms with Crippen LogP contribution < -0.4 is 10.6 Å². The van der Waals surface area contributed by atoms with Gasteiger partial charge in [-0.2, -0.15) is 0 Å². The molecule has 1 aromatic carbocycles. The lowest BCUT2D eigenvalue weighted by atomic mass is 9.97. The van der Waals surface area contributed by atoms with E-state index in [1.807, 2.05) is 11.9 Å². The summed E-state index contributed by atoms with van der Waals surface area (Å²) in [6.07, 6.45) is 5.11. The number of benzene rings is 1. The molecule has 2 N–H and O–H groups in total. The van der Waals surface area contributed by atoms with E-state index in [0.29, 0.717) is 11.8 Å². The summed E-state index contributed by atoms with van der Waals surface area (Å²) in [6, 6.07) is 11.0. The van der Waals surface area contributed by atoms with Crippen molar-refractivity contribution in [3.63, 3.8) is 0 Å². The molecule has 1 saturated heterocycles. The van der Waals surface area contributed by atoms with Crippen molar-refractivity contribution >= 4 is 35.8 Å². The highest BCUT2D eigenvalue weighted by atomic mass is 127. The Kier molecular flexibility index (Phi) is 7.73. The molecule has 2 aliphatic rings. The summed E-state index contributed by atoms with van der Waals surface area (Å²) in [6.45, 7) is 4.54. The molecule has 1 unspecified atom stereocenters. The molecule has 1 heterocycles. The van der Waals surface area contributed by atoms with E-state index in [-0.39, 0.29) is 35.9 Å². The van der Waals surface area contributed by atoms with Crippen LogP contribution in [0.3, 0.4) is 0 Å². The Morgan fingerprint density at radius 1 is 1.31 bits per heavy atom. The molecule has 5 nitrogen and oxygen atoms in total. The molecular formula is C20H31IN4O. The standard InChI is InChI=1S/C20H30N4O.HI/c1-3-21-19(23-17-9-10-18(25)24(2)14-17)22-15-20(11-12-20)13-16-7-5-4-6-8-16;/h4-8,17H,3,9-15H2,1-2H3,(H2,21,22,23);1H. The second kappa shape index (κ2) is 9.58. The minimum atomic E-state index is 0. The van der Waals surface area contributed by atoms with Crippen LogP contribution >= 0.6 is 24.0 Å². The largest absolute Gasteiger partial charge is 0.357 e. The van der Waals surface area contributed by atoms with Gasteiger partial charge in [-0.1, -0.05) is 30.3 Å². The van der Waals surface area contributed by atoms with Gasteiger partial charge < -0.3 is 15.5 Å². The van der Waals surface area contributed by atoms with Crippen LogP contribution in [0.1, 0.15) is 38.2 Å². The quantitative estimate of drug-likeness (QED) is 0.382. The Balaban J connectivity index is 0.00000243. The Hall–Kier alpha value is -1.31. The molecule has 0 bridgehead atoms. The summed E-state index contributed by atoms with van der Waals surface area (Å²) >= 11 is 0. The van der Waals surface area contributed by atoms with Crippen LogP contribution in [0.2, 0.25) is 0 Å². The Labute approximate surface area is 174 Å².